The first-order valence-electron chi connectivity index (χ1n) is 10.5. The highest BCUT2D eigenvalue weighted by Crippen LogP contribution is 2.32. The van der Waals surface area contributed by atoms with Crippen molar-refractivity contribution in [2.75, 3.05) is 49.1 Å². The van der Waals surface area contributed by atoms with E-state index in [1.54, 1.807) is 11.3 Å². The van der Waals surface area contributed by atoms with E-state index in [1.807, 2.05) is 12.1 Å². The number of piperidine rings is 1. The van der Waals surface area contributed by atoms with Gasteiger partial charge in [-0.2, -0.15) is 0 Å². The summed E-state index contributed by atoms with van der Waals surface area (Å²) in [5, 5.41) is 1.09. The first kappa shape index (κ1) is 18.4. The molecule has 0 unspecified atom stereocenters. The Kier molecular flexibility index (Phi) is 5.10. The van der Waals surface area contributed by atoms with Gasteiger partial charge in [-0.15, -0.1) is 0 Å². The van der Waals surface area contributed by atoms with Crippen LogP contribution in [-0.2, 0) is 4.79 Å². The van der Waals surface area contributed by atoms with Gasteiger partial charge in [0.2, 0.25) is 5.91 Å². The van der Waals surface area contributed by atoms with Gasteiger partial charge in [-0.05, 0) is 37.1 Å². The molecule has 1 amide bonds. The maximum atomic E-state index is 13.1. The summed E-state index contributed by atoms with van der Waals surface area (Å²) < 4.78 is 1.23. The Morgan fingerprint density at radius 1 is 0.828 bits per heavy atom. The molecule has 0 spiro atoms. The number of carbonyl (C=O) groups is 1. The molecule has 0 bridgehead atoms. The fraction of sp³-hybridized carbons (Fsp3) is 0.391. The second-order valence-electron chi connectivity index (χ2n) is 7.87. The van der Waals surface area contributed by atoms with Gasteiger partial charge in [0, 0.05) is 50.9 Å². The lowest BCUT2D eigenvalue weighted by Crippen LogP contribution is -2.51. The summed E-state index contributed by atoms with van der Waals surface area (Å²) in [7, 11) is 0. The predicted octanol–water partition coefficient (Wildman–Crippen LogP) is 3.86. The smallest absolute Gasteiger partial charge is 0.225 e. The number of piperazine rings is 1. The maximum absolute atomic E-state index is 13.1. The largest absolute Gasteiger partial charge is 0.368 e. The topological polar surface area (TPSA) is 39.7 Å². The van der Waals surface area contributed by atoms with Crippen LogP contribution in [0.4, 0.5) is 10.8 Å². The fourth-order valence-corrected chi connectivity index (χ4v) is 5.41. The number of hydrogen-bond donors (Lipinski definition) is 0. The lowest BCUT2D eigenvalue weighted by Gasteiger charge is -2.39. The van der Waals surface area contributed by atoms with Crippen LogP contribution < -0.4 is 9.80 Å². The van der Waals surface area contributed by atoms with Crippen molar-refractivity contribution in [3.05, 3.63) is 54.6 Å². The van der Waals surface area contributed by atoms with Crippen LogP contribution in [0.25, 0.3) is 10.2 Å². The van der Waals surface area contributed by atoms with E-state index in [1.165, 1.54) is 10.4 Å². The summed E-state index contributed by atoms with van der Waals surface area (Å²) in [6.07, 6.45) is 1.85. The highest BCUT2D eigenvalue weighted by molar-refractivity contribution is 7.22. The zero-order valence-corrected chi connectivity index (χ0v) is 17.4. The number of hydrogen-bond acceptors (Lipinski definition) is 5. The standard InChI is InChI=1S/C23H26N4OS/c28-22(26-16-14-25(15-17-26)19-6-2-1-3-7-19)18-10-12-27(13-11-18)23-24-20-8-4-5-9-21(20)29-23/h1-9,18H,10-17H2. The van der Waals surface area contributed by atoms with E-state index in [4.69, 9.17) is 4.98 Å². The van der Waals surface area contributed by atoms with Crippen molar-refractivity contribution in [2.24, 2.45) is 5.92 Å². The van der Waals surface area contributed by atoms with E-state index in [0.29, 0.717) is 5.91 Å². The van der Waals surface area contributed by atoms with Gasteiger partial charge >= 0.3 is 0 Å². The summed E-state index contributed by atoms with van der Waals surface area (Å²) in [5.41, 5.74) is 2.32. The molecule has 2 fully saturated rings. The Morgan fingerprint density at radius 3 is 2.24 bits per heavy atom. The number of amides is 1. The third-order valence-electron chi connectivity index (χ3n) is 6.11. The van der Waals surface area contributed by atoms with E-state index in [2.05, 4.69) is 57.2 Å². The fourth-order valence-electron chi connectivity index (χ4n) is 4.40. The number of thiazole rings is 1. The quantitative estimate of drug-likeness (QED) is 0.662. The number of fused-ring (bicyclic) bond motifs is 1. The Hall–Kier alpha value is -2.60. The van der Waals surface area contributed by atoms with E-state index in [0.717, 1.165) is 62.8 Å². The third kappa shape index (κ3) is 3.81. The molecule has 0 atom stereocenters. The molecule has 0 saturated carbocycles. The molecule has 2 saturated heterocycles. The Bertz CT molecular complexity index is 940. The molecule has 0 radical (unpaired) electrons. The molecule has 2 aliphatic heterocycles. The summed E-state index contributed by atoms with van der Waals surface area (Å²) in [4.78, 5) is 24.6. The zero-order chi connectivity index (χ0) is 19.6. The number of anilines is 2. The number of rotatable bonds is 3. The molecule has 3 heterocycles. The van der Waals surface area contributed by atoms with Gasteiger partial charge in [0.25, 0.3) is 0 Å². The van der Waals surface area contributed by atoms with Crippen LogP contribution in [0.15, 0.2) is 54.6 Å². The van der Waals surface area contributed by atoms with Gasteiger partial charge in [0.05, 0.1) is 10.2 Å². The van der Waals surface area contributed by atoms with E-state index >= 15 is 0 Å². The lowest BCUT2D eigenvalue weighted by molar-refractivity contribution is -0.136. The molecule has 2 aromatic carbocycles. The number of para-hydroxylation sites is 2. The molecule has 5 rings (SSSR count). The van der Waals surface area contributed by atoms with Crippen molar-refractivity contribution < 1.29 is 4.79 Å². The predicted molar refractivity (Wildman–Crippen MR) is 120 cm³/mol. The number of nitrogens with zero attached hydrogens (tertiary/aromatic N) is 4. The van der Waals surface area contributed by atoms with Gasteiger partial charge in [-0.3, -0.25) is 4.79 Å². The molecular formula is C23H26N4OS. The molecule has 1 aromatic heterocycles. The van der Waals surface area contributed by atoms with E-state index in [9.17, 15) is 4.79 Å². The first-order chi connectivity index (χ1) is 14.3. The van der Waals surface area contributed by atoms with Gasteiger partial charge in [-0.25, -0.2) is 4.98 Å². The van der Waals surface area contributed by atoms with Crippen molar-refractivity contribution >= 4 is 38.3 Å². The minimum Gasteiger partial charge on any atom is -0.368 e. The van der Waals surface area contributed by atoms with Gasteiger partial charge < -0.3 is 14.7 Å². The second-order valence-corrected chi connectivity index (χ2v) is 8.88. The maximum Gasteiger partial charge on any atom is 0.225 e. The van der Waals surface area contributed by atoms with Crippen molar-refractivity contribution in [3.8, 4) is 0 Å². The molecule has 150 valence electrons. The third-order valence-corrected chi connectivity index (χ3v) is 7.21. The van der Waals surface area contributed by atoms with Crippen molar-refractivity contribution in [1.82, 2.24) is 9.88 Å². The Balaban J connectivity index is 1.15. The van der Waals surface area contributed by atoms with E-state index in [-0.39, 0.29) is 5.92 Å². The molecule has 0 N–H and O–H groups in total. The molecule has 5 nitrogen and oxygen atoms in total. The minimum atomic E-state index is 0.156. The zero-order valence-electron chi connectivity index (χ0n) is 16.5. The molecular weight excluding hydrogens is 380 g/mol. The summed E-state index contributed by atoms with van der Waals surface area (Å²) >= 11 is 1.75. The van der Waals surface area contributed by atoms with Gasteiger partial charge in [-0.1, -0.05) is 41.7 Å². The highest BCUT2D eigenvalue weighted by atomic mass is 32.1. The molecule has 29 heavy (non-hydrogen) atoms. The number of aromatic nitrogens is 1. The molecule has 2 aliphatic rings. The SMILES string of the molecule is O=C(C1CCN(c2nc3ccccc3s2)CC1)N1CCN(c2ccccc2)CC1. The van der Waals surface area contributed by atoms with Crippen LogP contribution in [0.2, 0.25) is 0 Å². The number of carbonyl (C=O) groups excluding carboxylic acids is 1. The van der Waals surface area contributed by atoms with Crippen LogP contribution in [0.5, 0.6) is 0 Å². The normalized spacial score (nSPS) is 18.4. The summed E-state index contributed by atoms with van der Waals surface area (Å²) in [6.45, 7) is 5.32. The van der Waals surface area contributed by atoms with Crippen LogP contribution in [0.1, 0.15) is 12.8 Å². The first-order valence-corrected chi connectivity index (χ1v) is 11.3. The highest BCUT2D eigenvalue weighted by Gasteiger charge is 2.31. The van der Waals surface area contributed by atoms with Crippen molar-refractivity contribution in [3.63, 3.8) is 0 Å². The second kappa shape index (κ2) is 8.03. The number of benzene rings is 2. The average Bonchev–Trinajstić information content (AvgIpc) is 3.24. The average molecular weight is 407 g/mol. The Labute approximate surface area is 175 Å². The monoisotopic (exact) mass is 406 g/mol. The molecule has 0 aliphatic carbocycles. The summed E-state index contributed by atoms with van der Waals surface area (Å²) in [5.74, 6) is 0.505. The van der Waals surface area contributed by atoms with Gasteiger partial charge in [0.15, 0.2) is 5.13 Å². The van der Waals surface area contributed by atoms with Crippen LogP contribution in [-0.4, -0.2) is 55.1 Å². The van der Waals surface area contributed by atoms with Gasteiger partial charge in [0.1, 0.15) is 0 Å². The van der Waals surface area contributed by atoms with Crippen molar-refractivity contribution in [2.45, 2.75) is 12.8 Å². The van der Waals surface area contributed by atoms with Crippen LogP contribution in [0, 0.1) is 5.92 Å². The van der Waals surface area contributed by atoms with Crippen molar-refractivity contribution in [1.29, 1.82) is 0 Å². The van der Waals surface area contributed by atoms with Crippen LogP contribution >= 0.6 is 11.3 Å². The molecule has 6 heteroatoms. The lowest BCUT2D eigenvalue weighted by atomic mass is 9.95. The Morgan fingerprint density at radius 2 is 1.52 bits per heavy atom. The van der Waals surface area contributed by atoms with E-state index < -0.39 is 0 Å². The summed E-state index contributed by atoms with van der Waals surface area (Å²) in [6, 6.07) is 18.8. The molecule has 3 aromatic rings. The van der Waals surface area contributed by atoms with Crippen LogP contribution in [0.3, 0.4) is 0 Å². The minimum absolute atomic E-state index is 0.156.